The highest BCUT2D eigenvalue weighted by Gasteiger charge is 2.18. The molecule has 2 aromatic rings. The van der Waals surface area contributed by atoms with Crippen LogP contribution in [0.1, 0.15) is 18.5 Å². The van der Waals surface area contributed by atoms with E-state index in [2.05, 4.69) is 20.8 Å². The number of carbonyl (C=O) groups is 1. The van der Waals surface area contributed by atoms with E-state index in [0.717, 1.165) is 0 Å². The van der Waals surface area contributed by atoms with E-state index in [0.29, 0.717) is 35.6 Å². The van der Waals surface area contributed by atoms with Crippen LogP contribution in [-0.2, 0) is 4.79 Å². The van der Waals surface area contributed by atoms with Crippen LogP contribution in [0, 0.1) is 5.82 Å². The summed E-state index contributed by atoms with van der Waals surface area (Å²) >= 11 is 0. The number of rotatable bonds is 2. The van der Waals surface area contributed by atoms with Crippen LogP contribution in [0.4, 0.5) is 15.8 Å². The van der Waals surface area contributed by atoms with Gasteiger partial charge >= 0.3 is 0 Å². The van der Waals surface area contributed by atoms with Crippen LogP contribution in [0.15, 0.2) is 47.7 Å². The first kappa shape index (κ1) is 13.2. The summed E-state index contributed by atoms with van der Waals surface area (Å²) in [6, 6.07) is 9.45. The fourth-order valence-electron chi connectivity index (χ4n) is 2.06. The van der Waals surface area contributed by atoms with Crippen molar-refractivity contribution in [2.45, 2.75) is 12.8 Å². The van der Waals surface area contributed by atoms with Crippen molar-refractivity contribution < 1.29 is 9.18 Å². The second-order valence-electron chi connectivity index (χ2n) is 4.62. The van der Waals surface area contributed by atoms with Crippen molar-refractivity contribution in [3.05, 3.63) is 54.1 Å². The number of hydrogen-bond donors (Lipinski definition) is 2. The average Bonchev–Trinajstić information content (AvgIpc) is 2.65. The maximum Gasteiger partial charge on any atom is 0.224 e. The van der Waals surface area contributed by atoms with Gasteiger partial charge in [0.1, 0.15) is 11.5 Å². The van der Waals surface area contributed by atoms with Gasteiger partial charge in [-0.2, -0.15) is 5.10 Å². The third-order valence-corrected chi connectivity index (χ3v) is 3.11. The summed E-state index contributed by atoms with van der Waals surface area (Å²) < 4.78 is 12.9. The van der Waals surface area contributed by atoms with Crippen LogP contribution >= 0.6 is 0 Å². The lowest BCUT2D eigenvalue weighted by atomic mass is 10.1. The minimum absolute atomic E-state index is 0.0590. The molecule has 106 valence electrons. The molecule has 3 rings (SSSR count). The van der Waals surface area contributed by atoms with Crippen LogP contribution in [0.25, 0.3) is 0 Å². The highest BCUT2D eigenvalue weighted by atomic mass is 19.1. The van der Waals surface area contributed by atoms with Crippen molar-refractivity contribution in [1.82, 2.24) is 4.98 Å². The molecule has 1 aromatic heterocycles. The number of hydrogen-bond acceptors (Lipinski definition) is 4. The molecule has 0 unspecified atom stereocenters. The normalized spacial score (nSPS) is 16.0. The number of halogens is 1. The third-order valence-electron chi connectivity index (χ3n) is 3.11. The van der Waals surface area contributed by atoms with Gasteiger partial charge in [-0.25, -0.2) is 4.39 Å². The summed E-state index contributed by atoms with van der Waals surface area (Å²) in [6.07, 6.45) is 2.49. The van der Waals surface area contributed by atoms with Crippen molar-refractivity contribution in [2.75, 3.05) is 10.7 Å². The van der Waals surface area contributed by atoms with Crippen LogP contribution in [0.2, 0.25) is 0 Å². The monoisotopic (exact) mass is 284 g/mol. The number of amides is 1. The van der Waals surface area contributed by atoms with Crippen LogP contribution in [0.3, 0.4) is 0 Å². The quantitative estimate of drug-likeness (QED) is 0.833. The topological polar surface area (TPSA) is 66.4 Å². The number of hydrazone groups is 1. The Balaban J connectivity index is 1.88. The Morgan fingerprint density at radius 1 is 1.19 bits per heavy atom. The molecule has 21 heavy (non-hydrogen) atoms. The van der Waals surface area contributed by atoms with E-state index in [1.165, 1.54) is 12.1 Å². The molecule has 0 atom stereocenters. The number of benzene rings is 1. The molecular formula is C15H13FN4O. The number of pyridine rings is 1. The highest BCUT2D eigenvalue weighted by Crippen LogP contribution is 2.20. The predicted octanol–water partition coefficient (Wildman–Crippen LogP) is 2.77. The number of aromatic nitrogens is 1. The first-order valence-electron chi connectivity index (χ1n) is 6.56. The Morgan fingerprint density at radius 3 is 2.81 bits per heavy atom. The third kappa shape index (κ3) is 3.05. The molecule has 6 heteroatoms. The zero-order valence-corrected chi connectivity index (χ0v) is 11.1. The van der Waals surface area contributed by atoms with Gasteiger partial charge in [0.15, 0.2) is 0 Å². The van der Waals surface area contributed by atoms with Gasteiger partial charge in [-0.3, -0.25) is 15.2 Å². The molecule has 1 aromatic carbocycles. The lowest BCUT2D eigenvalue weighted by Gasteiger charge is -2.07. The second kappa shape index (κ2) is 5.70. The summed E-state index contributed by atoms with van der Waals surface area (Å²) in [4.78, 5) is 15.9. The van der Waals surface area contributed by atoms with Crippen molar-refractivity contribution in [1.29, 1.82) is 0 Å². The summed E-state index contributed by atoms with van der Waals surface area (Å²) in [5.41, 5.74) is 5.53. The van der Waals surface area contributed by atoms with Gasteiger partial charge in [0.25, 0.3) is 0 Å². The van der Waals surface area contributed by atoms with Crippen molar-refractivity contribution in [3.8, 4) is 0 Å². The second-order valence-corrected chi connectivity index (χ2v) is 4.62. The molecule has 0 radical (unpaired) electrons. The fourth-order valence-corrected chi connectivity index (χ4v) is 2.06. The molecule has 1 aliphatic rings. The maximum absolute atomic E-state index is 12.9. The molecule has 1 amide bonds. The number of carbonyl (C=O) groups excluding carboxylic acids is 1. The maximum atomic E-state index is 12.9. The average molecular weight is 284 g/mol. The Kier molecular flexibility index (Phi) is 3.59. The molecule has 0 spiro atoms. The van der Waals surface area contributed by atoms with E-state index in [9.17, 15) is 9.18 Å². The Hall–Kier alpha value is -2.76. The SMILES string of the molecule is O=C1CCC(=NNc2ccc(F)cc2)c2ncccc2N1. The standard InChI is InChI=1S/C15H13FN4O/c16-10-3-5-11(6-4-10)19-20-13-7-8-14(21)18-12-2-1-9-17-15(12)13/h1-6,9,19H,7-8H2,(H,18,21). The van der Waals surface area contributed by atoms with E-state index in [4.69, 9.17) is 0 Å². The summed E-state index contributed by atoms with van der Waals surface area (Å²) in [5, 5.41) is 7.11. The first-order valence-corrected chi connectivity index (χ1v) is 6.56. The Labute approximate surface area is 120 Å². The molecule has 2 N–H and O–H groups in total. The minimum Gasteiger partial charge on any atom is -0.324 e. The first-order chi connectivity index (χ1) is 10.2. The molecular weight excluding hydrogens is 271 g/mol. The Morgan fingerprint density at radius 2 is 2.00 bits per heavy atom. The fraction of sp³-hybridized carbons (Fsp3) is 0.133. The summed E-state index contributed by atoms with van der Waals surface area (Å²) in [5.74, 6) is -0.360. The number of nitrogens with one attached hydrogen (secondary N) is 2. The van der Waals surface area contributed by atoms with Gasteiger partial charge in [-0.05, 0) is 36.4 Å². The molecule has 0 bridgehead atoms. The van der Waals surface area contributed by atoms with E-state index >= 15 is 0 Å². The molecule has 2 heterocycles. The molecule has 0 fully saturated rings. The van der Waals surface area contributed by atoms with Gasteiger partial charge in [0.2, 0.25) is 5.91 Å². The van der Waals surface area contributed by atoms with Gasteiger partial charge < -0.3 is 5.32 Å². The number of anilines is 2. The molecule has 0 aliphatic carbocycles. The molecule has 0 saturated carbocycles. The van der Waals surface area contributed by atoms with E-state index in [-0.39, 0.29) is 11.7 Å². The smallest absolute Gasteiger partial charge is 0.224 e. The van der Waals surface area contributed by atoms with Gasteiger partial charge in [0, 0.05) is 19.0 Å². The van der Waals surface area contributed by atoms with E-state index < -0.39 is 0 Å². The van der Waals surface area contributed by atoms with Crippen LogP contribution < -0.4 is 10.7 Å². The Bertz CT molecular complexity index is 697. The molecule has 0 saturated heterocycles. The van der Waals surface area contributed by atoms with E-state index in [1.54, 1.807) is 30.5 Å². The van der Waals surface area contributed by atoms with Gasteiger partial charge in [-0.15, -0.1) is 0 Å². The van der Waals surface area contributed by atoms with Crippen molar-refractivity contribution in [2.24, 2.45) is 5.10 Å². The zero-order chi connectivity index (χ0) is 14.7. The zero-order valence-electron chi connectivity index (χ0n) is 11.1. The summed E-state index contributed by atoms with van der Waals surface area (Å²) in [7, 11) is 0. The number of nitrogens with zero attached hydrogens (tertiary/aromatic N) is 2. The lowest BCUT2D eigenvalue weighted by molar-refractivity contribution is -0.116. The van der Waals surface area contributed by atoms with Crippen LogP contribution in [0.5, 0.6) is 0 Å². The molecule has 5 nitrogen and oxygen atoms in total. The van der Waals surface area contributed by atoms with Gasteiger partial charge in [-0.1, -0.05) is 0 Å². The van der Waals surface area contributed by atoms with Crippen LogP contribution in [-0.4, -0.2) is 16.6 Å². The largest absolute Gasteiger partial charge is 0.324 e. The molecule has 1 aliphatic heterocycles. The lowest BCUT2D eigenvalue weighted by Crippen LogP contribution is -2.09. The number of fused-ring (bicyclic) bond motifs is 1. The van der Waals surface area contributed by atoms with E-state index in [1.807, 2.05) is 0 Å². The highest BCUT2D eigenvalue weighted by molar-refractivity contribution is 6.10. The van der Waals surface area contributed by atoms with Gasteiger partial charge in [0.05, 0.1) is 17.1 Å². The minimum atomic E-state index is -0.301. The van der Waals surface area contributed by atoms with Crippen molar-refractivity contribution >= 4 is 23.0 Å². The predicted molar refractivity (Wildman–Crippen MR) is 78.7 cm³/mol. The summed E-state index contributed by atoms with van der Waals surface area (Å²) in [6.45, 7) is 0. The van der Waals surface area contributed by atoms with Crippen molar-refractivity contribution in [3.63, 3.8) is 0 Å².